The van der Waals surface area contributed by atoms with Gasteiger partial charge in [-0.25, -0.2) is 0 Å². The maximum Gasteiger partial charge on any atom is 0.303 e. The Balaban J connectivity index is 1.46. The number of allylic oxidation sites excluding steroid dienone is 2. The zero-order valence-electron chi connectivity index (χ0n) is 18.1. The van der Waals surface area contributed by atoms with Gasteiger partial charge < -0.3 is 15.5 Å². The molecule has 1 aromatic carbocycles. The second kappa shape index (κ2) is 8.65. The molecule has 2 bridgehead atoms. The summed E-state index contributed by atoms with van der Waals surface area (Å²) in [5.74, 6) is 1.02. The van der Waals surface area contributed by atoms with E-state index in [2.05, 4.69) is 31.3 Å². The lowest BCUT2D eigenvalue weighted by atomic mass is 9.44. The number of carboxylic acids is 1. The van der Waals surface area contributed by atoms with Crippen molar-refractivity contribution in [1.29, 1.82) is 0 Å². The number of carboxylic acid groups (broad SMARTS) is 1. The first-order valence-corrected chi connectivity index (χ1v) is 12.0. The molecule has 31 heavy (non-hydrogen) atoms. The molecule has 2 aromatic rings. The molecule has 3 fully saturated rings. The Bertz CT molecular complexity index is 1010. The van der Waals surface area contributed by atoms with E-state index in [0.29, 0.717) is 35.2 Å². The molecule has 1 heterocycles. The minimum Gasteiger partial charge on any atom is -0.506 e. The predicted octanol–water partition coefficient (Wildman–Crippen LogP) is 5.59. The number of aromatic hydroxyl groups is 1. The molecule has 0 aliphatic heterocycles. The van der Waals surface area contributed by atoms with Crippen LogP contribution in [0.2, 0.25) is 0 Å². The van der Waals surface area contributed by atoms with Gasteiger partial charge in [-0.05, 0) is 67.4 Å². The highest BCUT2D eigenvalue weighted by Crippen LogP contribution is 2.62. The van der Waals surface area contributed by atoms with Gasteiger partial charge in [0.25, 0.3) is 5.91 Å². The van der Waals surface area contributed by atoms with Crippen LogP contribution in [0.1, 0.15) is 62.7 Å². The van der Waals surface area contributed by atoms with Gasteiger partial charge in [0.1, 0.15) is 5.75 Å². The first-order chi connectivity index (χ1) is 14.8. The second-order valence-corrected chi connectivity index (χ2v) is 10.5. The highest BCUT2D eigenvalue weighted by molar-refractivity contribution is 7.18. The number of rotatable bonds is 8. The standard InChI is InChI=1S/C25H31NO4S/c1-25(2)15-12-19(25)16(8-5-3-4-6-11-22(28)29)20(13-15)26-24(30)18-10-7-9-17-21(27)14-31-23(17)18/h3,5,7,9-10,14-16,19-20,27H,4,6,8,11-13H2,1-2H3,(H,26,30)(H,28,29)/t15-,16+,19+,20?/m1/s1. The van der Waals surface area contributed by atoms with Gasteiger partial charge >= 0.3 is 5.97 Å². The van der Waals surface area contributed by atoms with Gasteiger partial charge in [-0.15, -0.1) is 11.3 Å². The number of unbranched alkanes of at least 4 members (excludes halogenated alkanes) is 1. The summed E-state index contributed by atoms with van der Waals surface area (Å²) >= 11 is 1.40. The summed E-state index contributed by atoms with van der Waals surface area (Å²) < 4.78 is 0.827. The van der Waals surface area contributed by atoms with Gasteiger partial charge in [0.05, 0.1) is 10.3 Å². The van der Waals surface area contributed by atoms with E-state index < -0.39 is 5.97 Å². The van der Waals surface area contributed by atoms with Crippen LogP contribution in [0.5, 0.6) is 5.75 Å². The number of carbonyl (C=O) groups is 2. The number of aliphatic carboxylic acids is 1. The SMILES string of the molecule is CC1(C)[C@H]2CC(NC(=O)c3cccc4c(O)csc34)[C@@H](CC=CCCCC(=O)O)[C@@H]1C2. The molecule has 3 N–H and O–H groups in total. The normalized spacial score (nSPS) is 26.6. The maximum absolute atomic E-state index is 13.2. The lowest BCUT2D eigenvalue weighted by Gasteiger charge is -2.62. The molecule has 1 aromatic heterocycles. The molecule has 3 aliphatic rings. The number of hydrogen-bond donors (Lipinski definition) is 3. The third-order valence-corrected chi connectivity index (χ3v) is 8.61. The number of nitrogens with one attached hydrogen (secondary N) is 1. The highest BCUT2D eigenvalue weighted by Gasteiger charge is 2.57. The fourth-order valence-corrected chi connectivity index (χ4v) is 6.59. The summed E-state index contributed by atoms with van der Waals surface area (Å²) in [6.07, 6.45) is 9.04. The predicted molar refractivity (Wildman–Crippen MR) is 123 cm³/mol. The Morgan fingerprint density at radius 2 is 2.06 bits per heavy atom. The van der Waals surface area contributed by atoms with Crippen molar-refractivity contribution in [3.8, 4) is 5.75 Å². The Morgan fingerprint density at radius 1 is 1.26 bits per heavy atom. The van der Waals surface area contributed by atoms with Crippen LogP contribution >= 0.6 is 11.3 Å². The smallest absolute Gasteiger partial charge is 0.303 e. The van der Waals surface area contributed by atoms with E-state index in [9.17, 15) is 14.7 Å². The van der Waals surface area contributed by atoms with Crippen molar-refractivity contribution >= 4 is 33.3 Å². The van der Waals surface area contributed by atoms with Crippen molar-refractivity contribution in [2.24, 2.45) is 23.2 Å². The molecule has 1 amide bonds. The molecule has 6 heteroatoms. The third kappa shape index (κ3) is 4.22. The minimum atomic E-state index is -0.750. The Labute approximate surface area is 187 Å². The fraction of sp³-hybridized carbons (Fsp3) is 0.520. The van der Waals surface area contributed by atoms with Gasteiger partial charge in [0.15, 0.2) is 0 Å². The second-order valence-electron chi connectivity index (χ2n) is 9.64. The molecule has 0 saturated heterocycles. The molecule has 166 valence electrons. The van der Waals surface area contributed by atoms with Gasteiger partial charge in [-0.2, -0.15) is 0 Å². The van der Waals surface area contributed by atoms with E-state index in [1.54, 1.807) is 5.38 Å². The Morgan fingerprint density at radius 3 is 2.81 bits per heavy atom. The zero-order valence-corrected chi connectivity index (χ0v) is 19.0. The molecule has 0 spiro atoms. The van der Waals surface area contributed by atoms with Gasteiger partial charge in [-0.3, -0.25) is 9.59 Å². The monoisotopic (exact) mass is 441 g/mol. The molecule has 3 aliphatic carbocycles. The van der Waals surface area contributed by atoms with Crippen LogP contribution in [0.3, 0.4) is 0 Å². The highest BCUT2D eigenvalue weighted by atomic mass is 32.1. The first-order valence-electron chi connectivity index (χ1n) is 11.2. The topological polar surface area (TPSA) is 86.6 Å². The summed E-state index contributed by atoms with van der Waals surface area (Å²) in [5.41, 5.74) is 0.937. The number of fused-ring (bicyclic) bond motifs is 3. The van der Waals surface area contributed by atoms with Crippen molar-refractivity contribution in [3.05, 3.63) is 41.3 Å². The Kier molecular flexibility index (Phi) is 6.11. The summed E-state index contributed by atoms with van der Waals surface area (Å²) in [6.45, 7) is 4.70. The lowest BCUT2D eigenvalue weighted by molar-refractivity contribution is -0.137. The third-order valence-electron chi connectivity index (χ3n) is 7.60. The summed E-state index contributed by atoms with van der Waals surface area (Å²) in [4.78, 5) is 23.9. The van der Waals surface area contributed by atoms with E-state index in [0.717, 1.165) is 29.3 Å². The van der Waals surface area contributed by atoms with Crippen molar-refractivity contribution in [1.82, 2.24) is 5.32 Å². The molecule has 3 saturated carbocycles. The number of amides is 1. The van der Waals surface area contributed by atoms with E-state index >= 15 is 0 Å². The number of hydrogen-bond acceptors (Lipinski definition) is 4. The molecule has 5 nitrogen and oxygen atoms in total. The molecule has 5 rings (SSSR count). The van der Waals surface area contributed by atoms with E-state index in [-0.39, 0.29) is 24.1 Å². The zero-order chi connectivity index (χ0) is 22.2. The van der Waals surface area contributed by atoms with Crippen molar-refractivity contribution in [2.75, 3.05) is 0 Å². The van der Waals surface area contributed by atoms with Crippen LogP contribution in [0.4, 0.5) is 0 Å². The average Bonchev–Trinajstić information content (AvgIpc) is 3.11. The van der Waals surface area contributed by atoms with Crippen LogP contribution in [0, 0.1) is 23.2 Å². The van der Waals surface area contributed by atoms with Crippen LogP contribution in [0.15, 0.2) is 35.7 Å². The fourth-order valence-electron chi connectivity index (χ4n) is 5.65. The quantitative estimate of drug-likeness (QED) is 0.368. The van der Waals surface area contributed by atoms with Gasteiger partial charge in [-0.1, -0.05) is 32.1 Å². The average molecular weight is 442 g/mol. The van der Waals surface area contributed by atoms with E-state index in [1.807, 2.05) is 18.2 Å². The summed E-state index contributed by atoms with van der Waals surface area (Å²) in [5, 5.41) is 24.5. The summed E-state index contributed by atoms with van der Waals surface area (Å²) in [7, 11) is 0. The van der Waals surface area contributed by atoms with Crippen LogP contribution in [-0.4, -0.2) is 28.1 Å². The number of benzene rings is 1. The Hall–Kier alpha value is -2.34. The molecular weight excluding hydrogens is 410 g/mol. The maximum atomic E-state index is 13.2. The van der Waals surface area contributed by atoms with Crippen LogP contribution < -0.4 is 5.32 Å². The number of carbonyl (C=O) groups excluding carboxylic acids is 1. The molecule has 4 atom stereocenters. The number of thiophene rings is 1. The molecular formula is C25H31NO4S. The van der Waals surface area contributed by atoms with Crippen molar-refractivity contribution in [2.45, 2.75) is 58.4 Å². The van der Waals surface area contributed by atoms with Crippen molar-refractivity contribution < 1.29 is 19.8 Å². The van der Waals surface area contributed by atoms with E-state index in [4.69, 9.17) is 5.11 Å². The largest absolute Gasteiger partial charge is 0.506 e. The molecule has 0 radical (unpaired) electrons. The van der Waals surface area contributed by atoms with Crippen LogP contribution in [-0.2, 0) is 4.79 Å². The van der Waals surface area contributed by atoms with Gasteiger partial charge in [0.2, 0.25) is 0 Å². The lowest BCUT2D eigenvalue weighted by Crippen LogP contribution is -2.61. The van der Waals surface area contributed by atoms with Crippen molar-refractivity contribution in [3.63, 3.8) is 0 Å². The first kappa shape index (κ1) is 21.9. The molecule has 1 unspecified atom stereocenters. The van der Waals surface area contributed by atoms with E-state index in [1.165, 1.54) is 17.8 Å². The summed E-state index contributed by atoms with van der Waals surface area (Å²) in [6, 6.07) is 5.63. The van der Waals surface area contributed by atoms with Crippen LogP contribution in [0.25, 0.3) is 10.1 Å². The van der Waals surface area contributed by atoms with Gasteiger partial charge in [0, 0.05) is 23.2 Å². The minimum absolute atomic E-state index is 0.0630.